The average molecular weight is 443 g/mol. The molecule has 1 N–H and O–H groups in total. The van der Waals surface area contributed by atoms with E-state index in [0.717, 1.165) is 0 Å². The van der Waals surface area contributed by atoms with Crippen molar-refractivity contribution in [2.24, 2.45) is 0 Å². The molecule has 1 aliphatic carbocycles. The van der Waals surface area contributed by atoms with E-state index < -0.39 is 12.1 Å². The number of nitrogens with one attached hydrogen (secondary N) is 1. The molecule has 1 aliphatic rings. The Morgan fingerprint density at radius 2 is 1.64 bits per heavy atom. The zero-order valence-electron chi connectivity index (χ0n) is 18.5. The van der Waals surface area contributed by atoms with Gasteiger partial charge in [0.1, 0.15) is 12.3 Å². The topological polar surface area (TPSA) is 77.5 Å². The number of aromatic nitrogens is 1. The van der Waals surface area contributed by atoms with E-state index in [1.165, 1.54) is 22.3 Å². The number of pyridine rings is 1. The van der Waals surface area contributed by atoms with Crippen molar-refractivity contribution in [3.8, 4) is 11.1 Å². The van der Waals surface area contributed by atoms with Gasteiger partial charge in [-0.15, -0.1) is 0 Å². The Bertz CT molecular complexity index is 1130. The van der Waals surface area contributed by atoms with Crippen LogP contribution in [0.15, 0.2) is 72.8 Å². The number of rotatable bonds is 8. The Balaban J connectivity index is 1.25. The van der Waals surface area contributed by atoms with E-state index in [1.54, 1.807) is 25.1 Å². The second kappa shape index (κ2) is 10.6. The van der Waals surface area contributed by atoms with Crippen LogP contribution < -0.4 is 5.32 Å². The number of ether oxygens (including phenoxy) is 2. The molecule has 1 amide bonds. The van der Waals surface area contributed by atoms with Crippen molar-refractivity contribution >= 4 is 18.1 Å². The Morgan fingerprint density at radius 3 is 2.33 bits per heavy atom. The largest absolute Gasteiger partial charge is 0.461 e. The molecule has 0 fully saturated rings. The summed E-state index contributed by atoms with van der Waals surface area (Å²) in [5.74, 6) is -0.398. The predicted octanol–water partition coefficient (Wildman–Crippen LogP) is 5.20. The van der Waals surface area contributed by atoms with Gasteiger partial charge in [0.25, 0.3) is 0 Å². The lowest BCUT2D eigenvalue weighted by molar-refractivity contribution is 0.0519. The Hall–Kier alpha value is -3.93. The predicted molar refractivity (Wildman–Crippen MR) is 127 cm³/mol. The van der Waals surface area contributed by atoms with Gasteiger partial charge < -0.3 is 14.8 Å². The molecule has 0 saturated heterocycles. The molecule has 0 aliphatic heterocycles. The van der Waals surface area contributed by atoms with Crippen molar-refractivity contribution in [3.05, 3.63) is 95.3 Å². The molecule has 1 aromatic heterocycles. The number of benzene rings is 2. The Labute approximate surface area is 193 Å². The van der Waals surface area contributed by atoms with Gasteiger partial charge >= 0.3 is 12.1 Å². The first-order valence-electron chi connectivity index (χ1n) is 11.1. The smallest absolute Gasteiger partial charge is 0.407 e. The number of hydrogen-bond donors (Lipinski definition) is 1. The van der Waals surface area contributed by atoms with Gasteiger partial charge in [0.2, 0.25) is 0 Å². The summed E-state index contributed by atoms with van der Waals surface area (Å²) in [6.45, 7) is 2.79. The quantitative estimate of drug-likeness (QED) is 0.383. The van der Waals surface area contributed by atoms with Gasteiger partial charge in [0.05, 0.1) is 12.3 Å². The third kappa shape index (κ3) is 5.29. The van der Waals surface area contributed by atoms with Crippen LogP contribution in [0, 0.1) is 0 Å². The molecule has 4 rings (SSSR count). The lowest BCUT2D eigenvalue weighted by Crippen LogP contribution is -2.26. The highest BCUT2D eigenvalue weighted by atomic mass is 16.5. The standard InChI is InChI=1S/C27H26N2O4/c1-2-32-26(30)25-16-9-11-19(29-25)10-7-8-17-28-27(31)33-18-24-22-14-5-3-12-20(22)21-13-4-6-15-23(21)24/h3-7,9-16,24H,2,8,17-18H2,1H3,(H,28,31). The van der Waals surface area contributed by atoms with Gasteiger partial charge in [0.15, 0.2) is 0 Å². The first-order valence-corrected chi connectivity index (χ1v) is 11.1. The molecule has 6 heteroatoms. The van der Waals surface area contributed by atoms with E-state index in [2.05, 4.69) is 34.6 Å². The number of carbonyl (C=O) groups excluding carboxylic acids is 2. The van der Waals surface area contributed by atoms with Gasteiger partial charge in [-0.25, -0.2) is 14.6 Å². The van der Waals surface area contributed by atoms with E-state index in [-0.39, 0.29) is 11.6 Å². The van der Waals surface area contributed by atoms with Crippen LogP contribution in [0.1, 0.15) is 46.6 Å². The summed E-state index contributed by atoms with van der Waals surface area (Å²) in [6, 6.07) is 21.7. The lowest BCUT2D eigenvalue weighted by atomic mass is 9.98. The van der Waals surface area contributed by atoms with Crippen molar-refractivity contribution in [1.82, 2.24) is 10.3 Å². The molecule has 6 nitrogen and oxygen atoms in total. The molecule has 1 heterocycles. The first kappa shape index (κ1) is 22.3. The lowest BCUT2D eigenvalue weighted by Gasteiger charge is -2.14. The molecule has 0 bridgehead atoms. The molecule has 33 heavy (non-hydrogen) atoms. The molecule has 0 saturated carbocycles. The zero-order valence-corrected chi connectivity index (χ0v) is 18.5. The summed E-state index contributed by atoms with van der Waals surface area (Å²) in [5.41, 5.74) is 5.71. The Kier molecular flexibility index (Phi) is 7.15. The maximum absolute atomic E-state index is 12.2. The third-order valence-electron chi connectivity index (χ3n) is 5.47. The maximum Gasteiger partial charge on any atom is 0.407 e. The van der Waals surface area contributed by atoms with Crippen molar-refractivity contribution in [3.63, 3.8) is 0 Å². The number of esters is 1. The van der Waals surface area contributed by atoms with Gasteiger partial charge in [-0.2, -0.15) is 0 Å². The average Bonchev–Trinajstić information content (AvgIpc) is 3.16. The van der Waals surface area contributed by atoms with Gasteiger partial charge in [0, 0.05) is 12.5 Å². The fourth-order valence-corrected chi connectivity index (χ4v) is 3.97. The molecule has 2 aromatic carbocycles. The van der Waals surface area contributed by atoms with Crippen LogP contribution in [0.5, 0.6) is 0 Å². The highest BCUT2D eigenvalue weighted by molar-refractivity contribution is 5.87. The number of hydrogen-bond acceptors (Lipinski definition) is 5. The van der Waals surface area contributed by atoms with Crippen LogP contribution >= 0.6 is 0 Å². The molecule has 0 unspecified atom stereocenters. The molecule has 0 atom stereocenters. The van der Waals surface area contributed by atoms with Crippen LogP contribution in [0.3, 0.4) is 0 Å². The van der Waals surface area contributed by atoms with Crippen LogP contribution in [0.4, 0.5) is 4.79 Å². The van der Waals surface area contributed by atoms with Gasteiger partial charge in [-0.05, 0) is 53.8 Å². The number of nitrogens with zero attached hydrogens (tertiary/aromatic N) is 1. The first-order chi connectivity index (χ1) is 16.2. The number of fused-ring (bicyclic) bond motifs is 3. The van der Waals surface area contributed by atoms with Gasteiger partial charge in [-0.1, -0.05) is 60.7 Å². The van der Waals surface area contributed by atoms with E-state index in [0.29, 0.717) is 31.9 Å². The number of carbonyl (C=O) groups is 2. The second-order valence-electron chi connectivity index (χ2n) is 7.61. The summed E-state index contributed by atoms with van der Waals surface area (Å²) in [5, 5.41) is 2.78. The van der Waals surface area contributed by atoms with Crippen LogP contribution in [0.25, 0.3) is 17.2 Å². The summed E-state index contributed by atoms with van der Waals surface area (Å²) < 4.78 is 10.5. The van der Waals surface area contributed by atoms with Gasteiger partial charge in [-0.3, -0.25) is 0 Å². The molecular weight excluding hydrogens is 416 g/mol. The Morgan fingerprint density at radius 1 is 0.939 bits per heavy atom. The van der Waals surface area contributed by atoms with Crippen LogP contribution in [-0.4, -0.2) is 36.8 Å². The second-order valence-corrected chi connectivity index (χ2v) is 7.61. The summed E-state index contributed by atoms with van der Waals surface area (Å²) in [6.07, 6.45) is 3.87. The number of alkyl carbamates (subject to hydrolysis) is 1. The van der Waals surface area contributed by atoms with E-state index in [1.807, 2.05) is 36.4 Å². The summed E-state index contributed by atoms with van der Waals surface area (Å²) in [4.78, 5) is 28.2. The minimum Gasteiger partial charge on any atom is -0.461 e. The fourth-order valence-electron chi connectivity index (χ4n) is 3.97. The van der Waals surface area contributed by atoms with Crippen LogP contribution in [-0.2, 0) is 9.47 Å². The monoisotopic (exact) mass is 442 g/mol. The molecule has 0 spiro atoms. The molecule has 0 radical (unpaired) electrons. The van der Waals surface area contributed by atoms with Crippen LogP contribution in [0.2, 0.25) is 0 Å². The minimum absolute atomic E-state index is 0.0424. The molecular formula is C27H26N2O4. The fraction of sp³-hybridized carbons (Fsp3) is 0.222. The normalized spacial score (nSPS) is 12.3. The van der Waals surface area contributed by atoms with E-state index >= 15 is 0 Å². The van der Waals surface area contributed by atoms with Crippen molar-refractivity contribution < 1.29 is 19.1 Å². The summed E-state index contributed by atoms with van der Waals surface area (Å²) >= 11 is 0. The van der Waals surface area contributed by atoms with E-state index in [9.17, 15) is 9.59 Å². The molecule has 3 aromatic rings. The zero-order chi connectivity index (χ0) is 23.0. The van der Waals surface area contributed by atoms with Crippen molar-refractivity contribution in [1.29, 1.82) is 0 Å². The highest BCUT2D eigenvalue weighted by Crippen LogP contribution is 2.44. The highest BCUT2D eigenvalue weighted by Gasteiger charge is 2.28. The van der Waals surface area contributed by atoms with Crippen molar-refractivity contribution in [2.75, 3.05) is 19.8 Å². The minimum atomic E-state index is -0.440. The van der Waals surface area contributed by atoms with E-state index in [4.69, 9.17) is 9.47 Å². The SMILES string of the molecule is CCOC(=O)c1cccc(C=CCCNC(=O)OCC2c3ccccc3-c3ccccc32)n1. The number of amides is 1. The summed E-state index contributed by atoms with van der Waals surface area (Å²) in [7, 11) is 0. The van der Waals surface area contributed by atoms with Crippen molar-refractivity contribution in [2.45, 2.75) is 19.3 Å². The third-order valence-corrected chi connectivity index (χ3v) is 5.47. The maximum atomic E-state index is 12.2. The molecule has 168 valence electrons.